The standard InChI is InChI=1S/C49H45F7O2/c1-7-29(3)46(22-10-9-11-23-58-42(57)8-2)40-24-30(28-47(50,51)48(52,53)49(54,55)56)12-18-37(40)38-20-16-32(27-41(38)46)36-19-15-31-13-14-33-25-35(45(4,5)6)26-34-17-21-39(36)44(31)43(33)34/h8,12-21,24-27H,2-3,7,9-11,22-23,28H2,1,4-6H3. The molecule has 0 heterocycles. The highest BCUT2D eigenvalue weighted by molar-refractivity contribution is 6.25. The van der Waals surface area contributed by atoms with Crippen molar-refractivity contribution in [2.24, 2.45) is 0 Å². The van der Waals surface area contributed by atoms with Crippen LogP contribution in [-0.4, -0.2) is 30.6 Å². The number of alkyl halides is 7. The number of carbonyl (C=O) groups is 1. The number of halogens is 7. The summed E-state index contributed by atoms with van der Waals surface area (Å²) in [6.45, 7) is 16.6. The van der Waals surface area contributed by atoms with Crippen LogP contribution >= 0.6 is 0 Å². The van der Waals surface area contributed by atoms with E-state index in [1.807, 2.05) is 19.1 Å². The van der Waals surface area contributed by atoms with E-state index in [4.69, 9.17) is 4.74 Å². The lowest BCUT2D eigenvalue weighted by atomic mass is 9.67. The zero-order valence-electron chi connectivity index (χ0n) is 33.0. The van der Waals surface area contributed by atoms with Gasteiger partial charge in [-0.15, -0.1) is 0 Å². The summed E-state index contributed by atoms with van der Waals surface area (Å²) in [5.41, 5.74) is 5.38. The summed E-state index contributed by atoms with van der Waals surface area (Å²) in [4.78, 5) is 11.6. The van der Waals surface area contributed by atoms with Gasteiger partial charge in [0.25, 0.3) is 0 Å². The highest BCUT2D eigenvalue weighted by atomic mass is 19.4. The summed E-state index contributed by atoms with van der Waals surface area (Å²) < 4.78 is 103. The minimum Gasteiger partial charge on any atom is -0.463 e. The van der Waals surface area contributed by atoms with E-state index >= 15 is 0 Å². The van der Waals surface area contributed by atoms with Crippen LogP contribution in [0.5, 0.6) is 0 Å². The molecule has 0 aromatic heterocycles. The fourth-order valence-corrected chi connectivity index (χ4v) is 8.84. The van der Waals surface area contributed by atoms with Gasteiger partial charge in [0.05, 0.1) is 6.61 Å². The van der Waals surface area contributed by atoms with Crippen molar-refractivity contribution in [2.45, 2.75) is 95.1 Å². The van der Waals surface area contributed by atoms with Crippen LogP contribution in [0.2, 0.25) is 0 Å². The number of esters is 1. The van der Waals surface area contributed by atoms with Crippen molar-refractivity contribution in [3.8, 4) is 22.3 Å². The molecule has 0 amide bonds. The lowest BCUT2D eigenvalue weighted by molar-refractivity contribution is -0.354. The lowest BCUT2D eigenvalue weighted by Gasteiger charge is -2.35. The maximum Gasteiger partial charge on any atom is 0.459 e. The number of rotatable bonds is 13. The Morgan fingerprint density at radius 1 is 0.724 bits per heavy atom. The summed E-state index contributed by atoms with van der Waals surface area (Å²) in [7, 11) is 0. The van der Waals surface area contributed by atoms with Gasteiger partial charge < -0.3 is 4.74 Å². The summed E-state index contributed by atoms with van der Waals surface area (Å²) in [6, 6.07) is 27.5. The number of ether oxygens (including phenoxy) is 1. The van der Waals surface area contributed by atoms with Crippen molar-refractivity contribution < 1.29 is 40.3 Å². The van der Waals surface area contributed by atoms with Gasteiger partial charge >= 0.3 is 24.0 Å². The smallest absolute Gasteiger partial charge is 0.459 e. The third-order valence-electron chi connectivity index (χ3n) is 12.0. The number of benzene rings is 6. The van der Waals surface area contributed by atoms with E-state index in [2.05, 4.69) is 88.5 Å². The van der Waals surface area contributed by atoms with Crippen LogP contribution in [0.1, 0.15) is 82.1 Å². The van der Waals surface area contributed by atoms with E-state index in [-0.39, 0.29) is 17.6 Å². The highest BCUT2D eigenvalue weighted by Crippen LogP contribution is 2.57. The monoisotopic (exact) mass is 798 g/mol. The van der Waals surface area contributed by atoms with Gasteiger partial charge in [-0.25, -0.2) is 4.79 Å². The maximum atomic E-state index is 14.9. The second-order valence-corrected chi connectivity index (χ2v) is 16.6. The molecule has 0 saturated heterocycles. The number of hydrogen-bond acceptors (Lipinski definition) is 2. The molecule has 0 N–H and O–H groups in total. The Balaban J connectivity index is 1.37. The second kappa shape index (κ2) is 14.6. The van der Waals surface area contributed by atoms with E-state index in [0.717, 1.165) is 60.8 Å². The summed E-state index contributed by atoms with van der Waals surface area (Å²) in [5.74, 6) is -12.2. The molecule has 1 unspecified atom stereocenters. The molecule has 0 aliphatic heterocycles. The van der Waals surface area contributed by atoms with Crippen LogP contribution < -0.4 is 0 Å². The van der Waals surface area contributed by atoms with Crippen molar-refractivity contribution in [1.82, 2.24) is 0 Å². The van der Waals surface area contributed by atoms with Gasteiger partial charge in [-0.3, -0.25) is 0 Å². The van der Waals surface area contributed by atoms with Crippen molar-refractivity contribution in [3.05, 3.63) is 132 Å². The van der Waals surface area contributed by atoms with Crippen LogP contribution in [0.3, 0.4) is 0 Å². The van der Waals surface area contributed by atoms with Gasteiger partial charge in [0.15, 0.2) is 0 Å². The molecule has 0 bridgehead atoms. The van der Waals surface area contributed by atoms with Crippen molar-refractivity contribution >= 4 is 38.3 Å². The molecule has 7 rings (SSSR count). The third-order valence-corrected chi connectivity index (χ3v) is 12.0. The Labute approximate surface area is 333 Å². The lowest BCUT2D eigenvalue weighted by Crippen LogP contribution is -2.53. The highest BCUT2D eigenvalue weighted by Gasteiger charge is 2.72. The molecular formula is C49H45F7O2. The van der Waals surface area contributed by atoms with Crippen LogP contribution in [0.25, 0.3) is 54.6 Å². The molecule has 6 aromatic rings. The average Bonchev–Trinajstić information content (AvgIpc) is 3.45. The molecule has 6 aromatic carbocycles. The van der Waals surface area contributed by atoms with E-state index in [1.54, 1.807) is 6.07 Å². The molecule has 0 fully saturated rings. The minimum absolute atomic E-state index is 0.0410. The summed E-state index contributed by atoms with van der Waals surface area (Å²) in [5, 5.41) is 6.76. The molecule has 58 heavy (non-hydrogen) atoms. The Kier molecular flexibility index (Phi) is 10.3. The third kappa shape index (κ3) is 6.74. The number of unbranched alkanes of at least 4 members (excludes halogenated alkanes) is 2. The predicted octanol–water partition coefficient (Wildman–Crippen LogP) is 14.4. The van der Waals surface area contributed by atoms with Gasteiger partial charge in [0.1, 0.15) is 0 Å². The first-order chi connectivity index (χ1) is 27.2. The van der Waals surface area contributed by atoms with E-state index in [9.17, 15) is 35.5 Å². The maximum absolute atomic E-state index is 14.9. The Hall–Kier alpha value is -5.18. The van der Waals surface area contributed by atoms with Crippen LogP contribution in [-0.2, 0) is 26.8 Å². The Morgan fingerprint density at radius 3 is 1.97 bits per heavy atom. The average molecular weight is 799 g/mol. The van der Waals surface area contributed by atoms with Crippen molar-refractivity contribution in [3.63, 3.8) is 0 Å². The fraction of sp³-hybridized carbons (Fsp3) is 0.327. The van der Waals surface area contributed by atoms with Crippen LogP contribution in [0, 0.1) is 0 Å². The zero-order valence-corrected chi connectivity index (χ0v) is 33.0. The van der Waals surface area contributed by atoms with Crippen LogP contribution in [0.4, 0.5) is 30.7 Å². The number of fused-ring (bicyclic) bond motifs is 3. The fourth-order valence-electron chi connectivity index (χ4n) is 8.84. The zero-order chi connectivity index (χ0) is 42.0. The molecule has 1 aliphatic rings. The van der Waals surface area contributed by atoms with Gasteiger partial charge in [-0.2, -0.15) is 30.7 Å². The van der Waals surface area contributed by atoms with E-state index < -0.39 is 35.8 Å². The normalized spacial score (nSPS) is 15.9. The first-order valence-corrected chi connectivity index (χ1v) is 19.6. The predicted molar refractivity (Wildman–Crippen MR) is 219 cm³/mol. The topological polar surface area (TPSA) is 26.3 Å². The molecule has 9 heteroatoms. The van der Waals surface area contributed by atoms with Gasteiger partial charge in [0, 0.05) is 17.9 Å². The summed E-state index contributed by atoms with van der Waals surface area (Å²) >= 11 is 0. The van der Waals surface area contributed by atoms with E-state index in [0.29, 0.717) is 43.2 Å². The largest absolute Gasteiger partial charge is 0.463 e. The molecule has 1 atom stereocenters. The molecule has 2 nitrogen and oxygen atoms in total. The van der Waals surface area contributed by atoms with Gasteiger partial charge in [-0.1, -0.05) is 138 Å². The Bertz CT molecular complexity index is 2560. The Morgan fingerprint density at radius 2 is 1.33 bits per heavy atom. The number of carbonyl (C=O) groups excluding carboxylic acids is 1. The molecule has 0 saturated carbocycles. The van der Waals surface area contributed by atoms with Gasteiger partial charge in [0.2, 0.25) is 0 Å². The first kappa shape index (κ1) is 41.0. The van der Waals surface area contributed by atoms with Crippen LogP contribution in [0.15, 0.2) is 110 Å². The SMILES string of the molecule is C=CC(=O)OCCCCCC1(C(=C)CC)c2cc(CC(F)(F)C(F)(F)C(F)(F)F)ccc2-c2ccc(-c3ccc4ccc5cc(C(C)(C)C)cc6ccc3c4c56)cc21. The van der Waals surface area contributed by atoms with Gasteiger partial charge in [-0.05, 0) is 108 Å². The van der Waals surface area contributed by atoms with Crippen molar-refractivity contribution in [2.75, 3.05) is 6.61 Å². The number of hydrogen-bond donors (Lipinski definition) is 0. The molecular weight excluding hydrogens is 754 g/mol. The quantitative estimate of drug-likeness (QED) is 0.0290. The molecule has 0 radical (unpaired) electrons. The first-order valence-electron chi connectivity index (χ1n) is 19.6. The minimum atomic E-state index is -6.43. The second-order valence-electron chi connectivity index (χ2n) is 16.6. The van der Waals surface area contributed by atoms with E-state index in [1.165, 1.54) is 23.1 Å². The molecule has 1 aliphatic carbocycles. The molecule has 302 valence electrons. The number of allylic oxidation sites excluding steroid dienone is 1. The molecule has 0 spiro atoms. The summed E-state index contributed by atoms with van der Waals surface area (Å²) in [6.07, 6.45) is -4.51. The van der Waals surface area contributed by atoms with Crippen molar-refractivity contribution in [1.29, 1.82) is 0 Å².